The zero-order valence-electron chi connectivity index (χ0n) is 19.2. The molecule has 0 saturated carbocycles. The molecule has 3 unspecified atom stereocenters. The molecular formula is C26H27N3O5S. The summed E-state index contributed by atoms with van der Waals surface area (Å²) in [6.45, 7) is 5.47. The number of benzene rings is 2. The second kappa shape index (κ2) is 11.4. The monoisotopic (exact) mass is 493 g/mol. The van der Waals surface area contributed by atoms with E-state index in [1.165, 1.54) is 18.3 Å². The van der Waals surface area contributed by atoms with Gasteiger partial charge in [0.05, 0.1) is 12.2 Å². The Labute approximate surface area is 204 Å². The van der Waals surface area contributed by atoms with E-state index in [1.807, 2.05) is 48.0 Å². The second-order valence-electron chi connectivity index (χ2n) is 7.99. The number of amides is 1. The number of nitrogens with one attached hydrogen (secondary N) is 1. The van der Waals surface area contributed by atoms with E-state index in [0.717, 1.165) is 11.1 Å². The molecule has 1 aromatic heterocycles. The van der Waals surface area contributed by atoms with Crippen LogP contribution in [-0.2, 0) is 26.0 Å². The first-order valence-electron chi connectivity index (χ1n) is 10.9. The first kappa shape index (κ1) is 25.6. The van der Waals surface area contributed by atoms with E-state index in [9.17, 15) is 23.1 Å². The summed E-state index contributed by atoms with van der Waals surface area (Å²) in [4.78, 5) is 24.5. The van der Waals surface area contributed by atoms with Crippen molar-refractivity contribution in [1.29, 1.82) is 0 Å². The summed E-state index contributed by atoms with van der Waals surface area (Å²) in [5.74, 6) is -4.17. The lowest BCUT2D eigenvalue weighted by molar-refractivity contribution is -0.146. The van der Waals surface area contributed by atoms with E-state index in [4.69, 9.17) is 0 Å². The van der Waals surface area contributed by atoms with E-state index in [1.54, 1.807) is 41.2 Å². The summed E-state index contributed by atoms with van der Waals surface area (Å²) < 4.78 is 29.1. The topological polar surface area (TPSA) is 118 Å². The number of nitrogens with zero attached hydrogens (tertiary/aromatic N) is 2. The third kappa shape index (κ3) is 6.77. The van der Waals surface area contributed by atoms with Crippen LogP contribution in [0.1, 0.15) is 29.7 Å². The van der Waals surface area contributed by atoms with Gasteiger partial charge in [0.15, 0.2) is 0 Å². The molecule has 35 heavy (non-hydrogen) atoms. The molecule has 3 aromatic rings. The lowest BCUT2D eigenvalue weighted by Crippen LogP contribution is -2.43. The van der Waals surface area contributed by atoms with Gasteiger partial charge in [0, 0.05) is 6.20 Å². The number of carbonyl (C=O) groups excluding carboxylic acids is 1. The first-order chi connectivity index (χ1) is 16.7. The Kier molecular flexibility index (Phi) is 8.38. The normalized spacial score (nSPS) is 14.2. The molecule has 8 nitrogen and oxygen atoms in total. The Morgan fingerprint density at radius 1 is 1.11 bits per heavy atom. The quantitative estimate of drug-likeness (QED) is 0.312. The average molecular weight is 494 g/mol. The van der Waals surface area contributed by atoms with Gasteiger partial charge in [0.1, 0.15) is 11.2 Å². The van der Waals surface area contributed by atoms with Crippen molar-refractivity contribution in [2.45, 2.75) is 24.6 Å². The van der Waals surface area contributed by atoms with E-state index in [2.05, 4.69) is 11.7 Å². The van der Waals surface area contributed by atoms with Crippen LogP contribution in [0.15, 0.2) is 91.8 Å². The number of hydrogen-bond acceptors (Lipinski definition) is 5. The molecule has 0 fully saturated rings. The summed E-state index contributed by atoms with van der Waals surface area (Å²) in [6.07, 6.45) is 7.06. The maximum absolute atomic E-state index is 12.8. The highest BCUT2D eigenvalue weighted by Gasteiger charge is 2.32. The smallest absolute Gasteiger partial charge is 0.316 e. The maximum Gasteiger partial charge on any atom is 0.316 e. The Morgan fingerprint density at radius 3 is 2.34 bits per heavy atom. The van der Waals surface area contributed by atoms with Gasteiger partial charge in [-0.3, -0.25) is 19.0 Å². The fraction of sp³-hybridized carbons (Fsp3) is 0.192. The van der Waals surface area contributed by atoms with Crippen molar-refractivity contribution >= 4 is 28.0 Å². The van der Waals surface area contributed by atoms with Crippen molar-refractivity contribution < 1.29 is 23.1 Å². The number of carboxylic acids is 1. The van der Waals surface area contributed by atoms with E-state index in [0.29, 0.717) is 5.56 Å². The van der Waals surface area contributed by atoms with Crippen LogP contribution in [-0.4, -0.2) is 40.4 Å². The van der Waals surface area contributed by atoms with Crippen LogP contribution in [0.2, 0.25) is 0 Å². The Bertz CT molecular complexity index is 1300. The van der Waals surface area contributed by atoms with Crippen LogP contribution in [0.4, 0.5) is 0 Å². The molecule has 2 N–H and O–H groups in total. The minimum absolute atomic E-state index is 0.104. The average Bonchev–Trinajstić information content (AvgIpc) is 3.31. The summed E-state index contributed by atoms with van der Waals surface area (Å²) in [5, 5.41) is 12.7. The summed E-state index contributed by atoms with van der Waals surface area (Å²) in [7, 11) is -4.25. The molecule has 0 radical (unpaired) electrons. The van der Waals surface area contributed by atoms with Crippen molar-refractivity contribution in [3.8, 4) is 0 Å². The molecule has 0 bridgehead atoms. The highest BCUT2D eigenvalue weighted by atomic mass is 32.2. The molecule has 0 aliphatic carbocycles. The summed E-state index contributed by atoms with van der Waals surface area (Å²) in [6, 6.07) is 18.5. The minimum atomic E-state index is -4.25. The van der Waals surface area contributed by atoms with Crippen molar-refractivity contribution in [3.63, 3.8) is 0 Å². The molecule has 0 aliphatic rings. The van der Waals surface area contributed by atoms with E-state index in [-0.39, 0.29) is 12.5 Å². The van der Waals surface area contributed by atoms with Gasteiger partial charge < -0.3 is 5.11 Å². The third-order valence-electron chi connectivity index (χ3n) is 5.50. The number of carbonyl (C=O) groups is 2. The number of sulfonamides is 1. The van der Waals surface area contributed by atoms with Gasteiger partial charge in [-0.25, -0.2) is 8.42 Å². The summed E-state index contributed by atoms with van der Waals surface area (Å²) >= 11 is 0. The number of aromatic nitrogens is 2. The van der Waals surface area contributed by atoms with Crippen molar-refractivity contribution in [3.05, 3.63) is 108 Å². The molecule has 9 heteroatoms. The van der Waals surface area contributed by atoms with Crippen molar-refractivity contribution in [1.82, 2.24) is 14.5 Å². The largest absolute Gasteiger partial charge is 0.481 e. The van der Waals surface area contributed by atoms with Crippen LogP contribution in [0.3, 0.4) is 0 Å². The van der Waals surface area contributed by atoms with Gasteiger partial charge in [-0.2, -0.15) is 5.10 Å². The highest BCUT2D eigenvalue weighted by molar-refractivity contribution is 7.91. The molecule has 3 atom stereocenters. The van der Waals surface area contributed by atoms with Gasteiger partial charge in [-0.05, 0) is 30.0 Å². The predicted molar refractivity (Wildman–Crippen MR) is 134 cm³/mol. The van der Waals surface area contributed by atoms with Crippen LogP contribution in [0, 0.1) is 5.92 Å². The van der Waals surface area contributed by atoms with Crippen LogP contribution in [0.25, 0.3) is 6.08 Å². The fourth-order valence-corrected chi connectivity index (χ4v) is 4.56. The van der Waals surface area contributed by atoms with Gasteiger partial charge in [-0.15, -0.1) is 6.58 Å². The standard InChI is InChI=1S/C26H27N3O5S/c1-3-23(15-14-20-10-6-4-7-11-20)35(33,34)28-25(30)24(26(31)32)16-21-17-27-29(18-21)19(2)22-12-8-5-9-13-22/h3-15,17-19,23-24H,1,16H2,2H3,(H,28,30)(H,31,32). The Balaban J connectivity index is 1.71. The molecule has 0 aliphatic heterocycles. The molecule has 0 saturated heterocycles. The number of hydrogen-bond donors (Lipinski definition) is 2. The van der Waals surface area contributed by atoms with Crippen LogP contribution in [0.5, 0.6) is 0 Å². The zero-order valence-corrected chi connectivity index (χ0v) is 20.0. The van der Waals surface area contributed by atoms with Crippen LogP contribution >= 0.6 is 0 Å². The van der Waals surface area contributed by atoms with Crippen molar-refractivity contribution in [2.24, 2.45) is 5.92 Å². The van der Waals surface area contributed by atoms with Gasteiger partial charge in [0.2, 0.25) is 15.9 Å². The first-order valence-corrected chi connectivity index (χ1v) is 12.5. The number of rotatable bonds is 11. The molecule has 1 heterocycles. The lowest BCUT2D eigenvalue weighted by atomic mass is 10.0. The Morgan fingerprint density at radius 2 is 1.74 bits per heavy atom. The van der Waals surface area contributed by atoms with Crippen molar-refractivity contribution in [2.75, 3.05) is 0 Å². The molecular weight excluding hydrogens is 466 g/mol. The molecule has 3 rings (SSSR count). The highest BCUT2D eigenvalue weighted by Crippen LogP contribution is 2.19. The van der Waals surface area contributed by atoms with E-state index >= 15 is 0 Å². The van der Waals surface area contributed by atoms with Gasteiger partial charge >= 0.3 is 5.97 Å². The lowest BCUT2D eigenvalue weighted by Gasteiger charge is -2.15. The van der Waals surface area contributed by atoms with E-state index < -0.39 is 33.1 Å². The number of aliphatic carboxylic acids is 1. The molecule has 2 aromatic carbocycles. The zero-order chi connectivity index (χ0) is 25.4. The Hall–Kier alpha value is -3.98. The maximum atomic E-state index is 12.8. The van der Waals surface area contributed by atoms with Gasteiger partial charge in [-0.1, -0.05) is 78.9 Å². The summed E-state index contributed by atoms with van der Waals surface area (Å²) in [5.41, 5.74) is 2.28. The van der Waals surface area contributed by atoms with Gasteiger partial charge in [0.25, 0.3) is 0 Å². The predicted octanol–water partition coefficient (Wildman–Crippen LogP) is 3.45. The second-order valence-corrected chi connectivity index (χ2v) is 9.83. The molecule has 182 valence electrons. The fourth-order valence-electron chi connectivity index (χ4n) is 3.46. The molecule has 0 spiro atoms. The SMILES string of the molecule is C=CC(C=Cc1ccccc1)S(=O)(=O)NC(=O)C(Cc1cnn(C(C)c2ccccc2)c1)C(=O)O. The minimum Gasteiger partial charge on any atom is -0.481 e. The molecule has 1 amide bonds. The number of carboxylic acid groups (broad SMARTS) is 1. The third-order valence-corrected chi connectivity index (χ3v) is 7.05. The van der Waals surface area contributed by atoms with Crippen LogP contribution < -0.4 is 4.72 Å².